The average molecular weight is 335 g/mol. The highest BCUT2D eigenvalue weighted by Gasteiger charge is 2.15. The van der Waals surface area contributed by atoms with E-state index < -0.39 is 0 Å². The maximum atomic E-state index is 12.4. The Kier molecular flexibility index (Phi) is 4.93. The fourth-order valence-electron chi connectivity index (χ4n) is 2.71. The molecule has 0 aliphatic rings. The molecule has 0 bridgehead atoms. The number of amides is 1. The lowest BCUT2D eigenvalue weighted by Crippen LogP contribution is -2.30. The Balaban J connectivity index is 1.84. The number of aromatic nitrogens is 2. The van der Waals surface area contributed by atoms with Gasteiger partial charge in [0.2, 0.25) is 11.8 Å². The van der Waals surface area contributed by atoms with E-state index >= 15 is 0 Å². The van der Waals surface area contributed by atoms with Crippen LogP contribution >= 0.6 is 0 Å². The molecule has 1 heterocycles. The molecule has 0 aliphatic carbocycles. The van der Waals surface area contributed by atoms with Gasteiger partial charge in [0.1, 0.15) is 0 Å². The third-order valence-electron chi connectivity index (χ3n) is 4.23. The van der Waals surface area contributed by atoms with Crippen LogP contribution in [0, 0.1) is 6.92 Å². The Labute approximate surface area is 147 Å². The molecule has 5 heteroatoms. The number of hydrogen-bond acceptors (Lipinski definition) is 4. The Morgan fingerprint density at radius 1 is 0.960 bits per heavy atom. The van der Waals surface area contributed by atoms with Crippen molar-refractivity contribution in [2.24, 2.45) is 0 Å². The van der Waals surface area contributed by atoms with Gasteiger partial charge in [-0.3, -0.25) is 4.79 Å². The van der Waals surface area contributed by atoms with Crippen LogP contribution in [0.2, 0.25) is 0 Å². The second kappa shape index (κ2) is 7.30. The highest BCUT2D eigenvalue weighted by atomic mass is 16.4. The van der Waals surface area contributed by atoms with Gasteiger partial charge in [-0.25, -0.2) is 0 Å². The smallest absolute Gasteiger partial charge is 0.253 e. The van der Waals surface area contributed by atoms with Crippen molar-refractivity contribution in [2.75, 3.05) is 13.1 Å². The van der Waals surface area contributed by atoms with E-state index in [1.54, 1.807) is 17.0 Å². The third kappa shape index (κ3) is 3.45. The molecule has 0 N–H and O–H groups in total. The van der Waals surface area contributed by atoms with Gasteiger partial charge in [-0.05, 0) is 56.7 Å². The summed E-state index contributed by atoms with van der Waals surface area (Å²) in [6.45, 7) is 7.34. The summed E-state index contributed by atoms with van der Waals surface area (Å²) in [5, 5.41) is 8.28. The molecule has 0 saturated heterocycles. The monoisotopic (exact) mass is 335 g/mol. The number of rotatable bonds is 5. The summed E-state index contributed by atoms with van der Waals surface area (Å²) >= 11 is 0. The Morgan fingerprint density at radius 2 is 1.60 bits per heavy atom. The van der Waals surface area contributed by atoms with Gasteiger partial charge in [-0.15, -0.1) is 10.2 Å². The largest absolute Gasteiger partial charge is 0.416 e. The van der Waals surface area contributed by atoms with Crippen molar-refractivity contribution in [1.82, 2.24) is 15.1 Å². The Hall–Kier alpha value is -2.95. The molecule has 1 aromatic heterocycles. The van der Waals surface area contributed by atoms with Gasteiger partial charge in [0.05, 0.1) is 0 Å². The summed E-state index contributed by atoms with van der Waals surface area (Å²) in [6, 6.07) is 15.2. The van der Waals surface area contributed by atoms with Crippen LogP contribution in [0.4, 0.5) is 0 Å². The molecular formula is C20H21N3O2. The van der Waals surface area contributed by atoms with E-state index in [2.05, 4.69) is 10.2 Å². The number of carbonyl (C=O) groups excluding carboxylic acids is 1. The number of benzene rings is 2. The van der Waals surface area contributed by atoms with Gasteiger partial charge < -0.3 is 9.32 Å². The van der Waals surface area contributed by atoms with Gasteiger partial charge in [0.15, 0.2) is 0 Å². The molecular weight excluding hydrogens is 314 g/mol. The zero-order valence-electron chi connectivity index (χ0n) is 14.7. The van der Waals surface area contributed by atoms with Crippen LogP contribution in [0.3, 0.4) is 0 Å². The summed E-state index contributed by atoms with van der Waals surface area (Å²) in [5.41, 5.74) is 3.46. The van der Waals surface area contributed by atoms with E-state index in [0.717, 1.165) is 16.7 Å². The van der Waals surface area contributed by atoms with Crippen LogP contribution in [0.15, 0.2) is 52.9 Å². The predicted octanol–water partition coefficient (Wildman–Crippen LogP) is 4.19. The first-order chi connectivity index (χ1) is 12.1. The van der Waals surface area contributed by atoms with Gasteiger partial charge in [-0.2, -0.15) is 0 Å². The minimum absolute atomic E-state index is 0.0303. The molecule has 1 amide bonds. The average Bonchev–Trinajstić information content (AvgIpc) is 3.13. The minimum atomic E-state index is 0.0303. The molecule has 0 spiro atoms. The SMILES string of the molecule is CCN(CC)C(=O)c1ccc(-c2nnc(-c3ccccc3C)o2)cc1. The van der Waals surface area contributed by atoms with Crippen molar-refractivity contribution in [2.45, 2.75) is 20.8 Å². The van der Waals surface area contributed by atoms with Gasteiger partial charge >= 0.3 is 0 Å². The summed E-state index contributed by atoms with van der Waals surface area (Å²) in [5.74, 6) is 0.971. The second-order valence-corrected chi connectivity index (χ2v) is 5.78. The second-order valence-electron chi connectivity index (χ2n) is 5.78. The van der Waals surface area contributed by atoms with Crippen molar-refractivity contribution in [1.29, 1.82) is 0 Å². The fourth-order valence-corrected chi connectivity index (χ4v) is 2.71. The first-order valence-corrected chi connectivity index (χ1v) is 8.43. The maximum absolute atomic E-state index is 12.4. The normalized spacial score (nSPS) is 10.7. The summed E-state index contributed by atoms with van der Waals surface area (Å²) < 4.78 is 5.81. The molecule has 3 rings (SSSR count). The van der Waals surface area contributed by atoms with Gasteiger partial charge in [-0.1, -0.05) is 18.2 Å². The molecule has 128 valence electrons. The first-order valence-electron chi connectivity index (χ1n) is 8.43. The number of nitrogens with zero attached hydrogens (tertiary/aromatic N) is 3. The lowest BCUT2D eigenvalue weighted by molar-refractivity contribution is 0.0773. The Bertz CT molecular complexity index is 865. The molecule has 2 aromatic carbocycles. The summed E-state index contributed by atoms with van der Waals surface area (Å²) in [6.07, 6.45) is 0. The van der Waals surface area contributed by atoms with Crippen LogP contribution in [0.5, 0.6) is 0 Å². The topological polar surface area (TPSA) is 59.2 Å². The quantitative estimate of drug-likeness (QED) is 0.701. The van der Waals surface area contributed by atoms with E-state index in [-0.39, 0.29) is 5.91 Å². The molecule has 5 nitrogen and oxygen atoms in total. The Morgan fingerprint density at radius 3 is 2.24 bits per heavy atom. The van der Waals surface area contributed by atoms with E-state index in [4.69, 9.17) is 4.42 Å². The zero-order valence-corrected chi connectivity index (χ0v) is 14.7. The van der Waals surface area contributed by atoms with Gasteiger partial charge in [0, 0.05) is 29.8 Å². The van der Waals surface area contributed by atoms with Crippen molar-refractivity contribution >= 4 is 5.91 Å². The summed E-state index contributed by atoms with van der Waals surface area (Å²) in [4.78, 5) is 14.1. The molecule has 0 atom stereocenters. The standard InChI is InChI=1S/C20H21N3O2/c1-4-23(5-2)20(24)16-12-10-15(11-13-16)18-21-22-19(25-18)17-9-7-6-8-14(17)3/h6-13H,4-5H2,1-3H3. The molecule has 0 saturated carbocycles. The highest BCUT2D eigenvalue weighted by molar-refractivity contribution is 5.94. The van der Waals surface area contributed by atoms with Crippen molar-refractivity contribution < 1.29 is 9.21 Å². The van der Waals surface area contributed by atoms with Crippen LogP contribution in [0.1, 0.15) is 29.8 Å². The molecule has 0 unspecified atom stereocenters. The van der Waals surface area contributed by atoms with Crippen LogP contribution < -0.4 is 0 Å². The van der Waals surface area contributed by atoms with Crippen molar-refractivity contribution in [3.05, 3.63) is 59.7 Å². The van der Waals surface area contributed by atoms with E-state index in [1.165, 1.54) is 0 Å². The molecule has 25 heavy (non-hydrogen) atoms. The van der Waals surface area contributed by atoms with Crippen LogP contribution in [0.25, 0.3) is 22.9 Å². The highest BCUT2D eigenvalue weighted by Crippen LogP contribution is 2.26. The predicted molar refractivity (Wildman–Crippen MR) is 97.2 cm³/mol. The zero-order chi connectivity index (χ0) is 17.8. The molecule has 3 aromatic rings. The van der Waals surface area contributed by atoms with E-state index in [9.17, 15) is 4.79 Å². The van der Waals surface area contributed by atoms with Gasteiger partial charge in [0.25, 0.3) is 5.91 Å². The number of aryl methyl sites for hydroxylation is 1. The minimum Gasteiger partial charge on any atom is -0.416 e. The lowest BCUT2D eigenvalue weighted by Gasteiger charge is -2.18. The first kappa shape index (κ1) is 16.9. The molecule has 0 radical (unpaired) electrons. The van der Waals surface area contributed by atoms with E-state index in [0.29, 0.717) is 30.4 Å². The fraction of sp³-hybridized carbons (Fsp3) is 0.250. The van der Waals surface area contributed by atoms with Crippen molar-refractivity contribution in [3.8, 4) is 22.9 Å². The van der Waals surface area contributed by atoms with Crippen molar-refractivity contribution in [3.63, 3.8) is 0 Å². The van der Waals surface area contributed by atoms with Crippen LogP contribution in [-0.2, 0) is 0 Å². The number of hydrogen-bond donors (Lipinski definition) is 0. The summed E-state index contributed by atoms with van der Waals surface area (Å²) in [7, 11) is 0. The van der Waals surface area contributed by atoms with E-state index in [1.807, 2.05) is 57.2 Å². The molecule has 0 fully saturated rings. The lowest BCUT2D eigenvalue weighted by atomic mass is 10.1. The maximum Gasteiger partial charge on any atom is 0.253 e. The third-order valence-corrected chi connectivity index (χ3v) is 4.23. The molecule has 0 aliphatic heterocycles. The van der Waals surface area contributed by atoms with Crippen LogP contribution in [-0.4, -0.2) is 34.1 Å². The number of carbonyl (C=O) groups is 1.